The number of esters is 1. The van der Waals surface area contributed by atoms with Crippen LogP contribution in [0.15, 0.2) is 53.1 Å². The number of amides is 2. The standard InChI is InChI=1S/C18H17N3O4/c1-2-24-17(22)12-6-5-7-13(10-12)20-18(23)19-11-15-14-8-3-4-9-16(14)25-21-15/h3-10H,2,11H2,1H3,(H2,19,20,23). The van der Waals surface area contributed by atoms with Gasteiger partial charge in [0.15, 0.2) is 5.58 Å². The number of aromatic nitrogens is 1. The molecule has 3 rings (SSSR count). The van der Waals surface area contributed by atoms with Gasteiger partial charge in [-0.1, -0.05) is 23.4 Å². The molecule has 25 heavy (non-hydrogen) atoms. The highest BCUT2D eigenvalue weighted by Crippen LogP contribution is 2.17. The van der Waals surface area contributed by atoms with E-state index in [9.17, 15) is 9.59 Å². The third-order valence-corrected chi connectivity index (χ3v) is 3.50. The van der Waals surface area contributed by atoms with Crippen molar-refractivity contribution in [1.29, 1.82) is 0 Å². The first kappa shape index (κ1) is 16.5. The van der Waals surface area contributed by atoms with E-state index in [-0.39, 0.29) is 6.54 Å². The molecule has 2 aromatic carbocycles. The van der Waals surface area contributed by atoms with E-state index in [2.05, 4.69) is 15.8 Å². The highest BCUT2D eigenvalue weighted by molar-refractivity contribution is 5.94. The molecule has 0 saturated carbocycles. The fourth-order valence-corrected chi connectivity index (χ4v) is 2.34. The number of hydrogen-bond donors (Lipinski definition) is 2. The summed E-state index contributed by atoms with van der Waals surface area (Å²) in [7, 11) is 0. The minimum atomic E-state index is -0.430. The van der Waals surface area contributed by atoms with Gasteiger partial charge in [-0.15, -0.1) is 0 Å². The van der Waals surface area contributed by atoms with Crippen molar-refractivity contribution in [3.63, 3.8) is 0 Å². The molecule has 1 heterocycles. The molecule has 0 saturated heterocycles. The van der Waals surface area contributed by atoms with Crippen LogP contribution in [0.2, 0.25) is 0 Å². The molecule has 0 aliphatic carbocycles. The maximum Gasteiger partial charge on any atom is 0.338 e. The van der Waals surface area contributed by atoms with Gasteiger partial charge in [0.25, 0.3) is 0 Å². The molecule has 1 aromatic heterocycles. The Bertz CT molecular complexity index is 904. The Morgan fingerprint density at radius 1 is 1.16 bits per heavy atom. The SMILES string of the molecule is CCOC(=O)c1cccc(NC(=O)NCc2noc3ccccc23)c1. The van der Waals surface area contributed by atoms with Crippen LogP contribution in [0.5, 0.6) is 0 Å². The predicted molar refractivity (Wildman–Crippen MR) is 92.3 cm³/mol. The summed E-state index contributed by atoms with van der Waals surface area (Å²) < 4.78 is 10.1. The minimum absolute atomic E-state index is 0.223. The summed E-state index contributed by atoms with van der Waals surface area (Å²) in [6, 6.07) is 13.6. The summed E-state index contributed by atoms with van der Waals surface area (Å²) >= 11 is 0. The maximum absolute atomic E-state index is 12.1. The zero-order chi connectivity index (χ0) is 17.6. The highest BCUT2D eigenvalue weighted by atomic mass is 16.5. The van der Waals surface area contributed by atoms with Gasteiger partial charge in [-0.2, -0.15) is 0 Å². The maximum atomic E-state index is 12.1. The molecule has 0 atom stereocenters. The van der Waals surface area contributed by atoms with Crippen molar-refractivity contribution < 1.29 is 18.8 Å². The Labute approximate surface area is 143 Å². The number of nitrogens with one attached hydrogen (secondary N) is 2. The van der Waals surface area contributed by atoms with E-state index in [0.29, 0.717) is 29.1 Å². The summed E-state index contributed by atoms with van der Waals surface area (Å²) in [5.41, 5.74) is 2.18. The third kappa shape index (κ3) is 3.95. The Kier molecular flexibility index (Phi) is 4.94. The van der Waals surface area contributed by atoms with Crippen LogP contribution < -0.4 is 10.6 Å². The lowest BCUT2D eigenvalue weighted by Gasteiger charge is -2.08. The first-order valence-electron chi connectivity index (χ1n) is 7.82. The van der Waals surface area contributed by atoms with Crippen LogP contribution >= 0.6 is 0 Å². The Hall–Kier alpha value is -3.35. The lowest BCUT2D eigenvalue weighted by Crippen LogP contribution is -2.28. The average molecular weight is 339 g/mol. The third-order valence-electron chi connectivity index (χ3n) is 3.50. The van der Waals surface area contributed by atoms with Gasteiger partial charge in [0.2, 0.25) is 0 Å². The number of anilines is 1. The number of hydrogen-bond acceptors (Lipinski definition) is 5. The second-order valence-corrected chi connectivity index (χ2v) is 5.23. The van der Waals surface area contributed by atoms with E-state index >= 15 is 0 Å². The van der Waals surface area contributed by atoms with Crippen molar-refractivity contribution in [2.45, 2.75) is 13.5 Å². The van der Waals surface area contributed by atoms with Gasteiger partial charge in [-0.3, -0.25) is 0 Å². The van der Waals surface area contributed by atoms with Crippen LogP contribution in [0.3, 0.4) is 0 Å². The second kappa shape index (κ2) is 7.48. The van der Waals surface area contributed by atoms with Gasteiger partial charge in [0.1, 0.15) is 5.69 Å². The largest absolute Gasteiger partial charge is 0.462 e. The monoisotopic (exact) mass is 339 g/mol. The number of benzene rings is 2. The van der Waals surface area contributed by atoms with Crippen LogP contribution in [-0.2, 0) is 11.3 Å². The van der Waals surface area contributed by atoms with E-state index < -0.39 is 12.0 Å². The normalized spacial score (nSPS) is 10.4. The summed E-state index contributed by atoms with van der Waals surface area (Å²) in [5.74, 6) is -0.430. The number of carbonyl (C=O) groups excluding carboxylic acids is 2. The second-order valence-electron chi connectivity index (χ2n) is 5.23. The molecule has 0 bridgehead atoms. The van der Waals surface area contributed by atoms with Crippen LogP contribution in [0.4, 0.5) is 10.5 Å². The molecule has 128 valence electrons. The van der Waals surface area contributed by atoms with Crippen molar-refractivity contribution in [1.82, 2.24) is 10.5 Å². The number of para-hydroxylation sites is 1. The van der Waals surface area contributed by atoms with Crippen LogP contribution in [0, 0.1) is 0 Å². The Morgan fingerprint density at radius 2 is 2.00 bits per heavy atom. The number of fused-ring (bicyclic) bond motifs is 1. The van der Waals surface area contributed by atoms with E-state index in [1.807, 2.05) is 24.3 Å². The van der Waals surface area contributed by atoms with E-state index in [0.717, 1.165) is 5.39 Å². The first-order valence-corrected chi connectivity index (χ1v) is 7.82. The predicted octanol–water partition coefficient (Wildman–Crippen LogP) is 3.33. The number of rotatable bonds is 5. The lowest BCUT2D eigenvalue weighted by molar-refractivity contribution is 0.0526. The molecule has 2 amide bonds. The molecule has 0 spiro atoms. The fourth-order valence-electron chi connectivity index (χ4n) is 2.34. The topological polar surface area (TPSA) is 93.5 Å². The van der Waals surface area contributed by atoms with E-state index in [1.165, 1.54) is 0 Å². The number of ether oxygens (including phenoxy) is 1. The molecule has 7 nitrogen and oxygen atoms in total. The molecule has 7 heteroatoms. The molecule has 2 N–H and O–H groups in total. The fraction of sp³-hybridized carbons (Fsp3) is 0.167. The van der Waals surface area contributed by atoms with Crippen molar-refractivity contribution >= 4 is 28.7 Å². The highest BCUT2D eigenvalue weighted by Gasteiger charge is 2.10. The summed E-state index contributed by atoms with van der Waals surface area (Å²) in [6.07, 6.45) is 0. The van der Waals surface area contributed by atoms with Crippen molar-refractivity contribution in [3.8, 4) is 0 Å². The number of urea groups is 1. The van der Waals surface area contributed by atoms with Gasteiger partial charge >= 0.3 is 12.0 Å². The van der Waals surface area contributed by atoms with Crippen LogP contribution in [0.1, 0.15) is 23.0 Å². The van der Waals surface area contributed by atoms with Crippen molar-refractivity contribution in [2.75, 3.05) is 11.9 Å². The van der Waals surface area contributed by atoms with E-state index in [1.54, 1.807) is 31.2 Å². The van der Waals surface area contributed by atoms with Gasteiger partial charge in [0, 0.05) is 11.1 Å². The average Bonchev–Trinajstić information content (AvgIpc) is 3.04. The molecular formula is C18H17N3O4. The molecule has 0 aliphatic rings. The summed E-state index contributed by atoms with van der Waals surface area (Å²) in [5, 5.41) is 10.2. The van der Waals surface area contributed by atoms with Crippen LogP contribution in [-0.4, -0.2) is 23.8 Å². The Balaban J connectivity index is 1.61. The van der Waals surface area contributed by atoms with Gasteiger partial charge < -0.3 is 19.9 Å². The number of carbonyl (C=O) groups is 2. The van der Waals surface area contributed by atoms with Crippen LogP contribution in [0.25, 0.3) is 11.0 Å². The van der Waals surface area contributed by atoms with Crippen molar-refractivity contribution in [3.05, 3.63) is 59.8 Å². The quantitative estimate of drug-likeness (QED) is 0.696. The molecule has 3 aromatic rings. The van der Waals surface area contributed by atoms with Gasteiger partial charge in [-0.05, 0) is 37.3 Å². The lowest BCUT2D eigenvalue weighted by atomic mass is 10.2. The Morgan fingerprint density at radius 3 is 2.84 bits per heavy atom. The smallest absolute Gasteiger partial charge is 0.338 e. The summed E-state index contributed by atoms with van der Waals surface area (Å²) in [4.78, 5) is 23.8. The van der Waals surface area contributed by atoms with Crippen molar-refractivity contribution in [2.24, 2.45) is 0 Å². The van der Waals surface area contributed by atoms with E-state index in [4.69, 9.17) is 9.26 Å². The minimum Gasteiger partial charge on any atom is -0.462 e. The summed E-state index contributed by atoms with van der Waals surface area (Å²) in [6.45, 7) is 2.25. The zero-order valence-electron chi connectivity index (χ0n) is 13.6. The molecular weight excluding hydrogens is 322 g/mol. The van der Waals surface area contributed by atoms with Gasteiger partial charge in [0.05, 0.1) is 18.7 Å². The first-order chi connectivity index (χ1) is 12.2. The molecule has 0 fully saturated rings. The molecule has 0 aliphatic heterocycles. The molecule has 0 radical (unpaired) electrons. The van der Waals surface area contributed by atoms with Gasteiger partial charge in [-0.25, -0.2) is 9.59 Å². The molecule has 0 unspecified atom stereocenters. The number of nitrogens with zero attached hydrogens (tertiary/aromatic N) is 1. The zero-order valence-corrected chi connectivity index (χ0v) is 13.6.